The van der Waals surface area contributed by atoms with Crippen LogP contribution in [0.3, 0.4) is 0 Å². The van der Waals surface area contributed by atoms with Crippen molar-refractivity contribution in [3.05, 3.63) is 16.1 Å². The van der Waals surface area contributed by atoms with Gasteiger partial charge in [-0.25, -0.2) is 13.4 Å². The quantitative estimate of drug-likeness (QED) is 0.888. The number of sulfone groups is 1. The number of hydrogen-bond acceptors (Lipinski definition) is 5. The summed E-state index contributed by atoms with van der Waals surface area (Å²) in [5.74, 6) is 0.305. The number of nitrogens with zero attached hydrogens (tertiary/aromatic N) is 1. The largest absolute Gasteiger partial charge is 0.328 e. The first-order chi connectivity index (χ1) is 7.49. The minimum atomic E-state index is -2.94. The summed E-state index contributed by atoms with van der Waals surface area (Å²) in [5.41, 5.74) is 6.60. The highest BCUT2D eigenvalue weighted by molar-refractivity contribution is 7.92. The molecule has 90 valence electrons. The molecule has 2 rings (SSSR count). The highest BCUT2D eigenvalue weighted by Crippen LogP contribution is 2.36. The van der Waals surface area contributed by atoms with E-state index in [1.54, 1.807) is 0 Å². The zero-order valence-corrected chi connectivity index (χ0v) is 10.9. The van der Waals surface area contributed by atoms with Gasteiger partial charge < -0.3 is 5.73 Å². The summed E-state index contributed by atoms with van der Waals surface area (Å²) in [5, 5.41) is 2.31. The molecular formula is C10H16N2O2S2. The Balaban J connectivity index is 2.19. The lowest BCUT2D eigenvalue weighted by molar-refractivity contribution is 0.591. The fourth-order valence-corrected chi connectivity index (χ4v) is 5.15. The third-order valence-corrected chi connectivity index (χ3v) is 6.04. The third kappa shape index (κ3) is 2.44. The summed E-state index contributed by atoms with van der Waals surface area (Å²) in [6, 6.07) is 0.0649. The van der Waals surface area contributed by atoms with Crippen molar-refractivity contribution in [2.75, 3.05) is 5.75 Å². The van der Waals surface area contributed by atoms with Crippen molar-refractivity contribution in [1.29, 1.82) is 0 Å². The Morgan fingerprint density at radius 1 is 1.69 bits per heavy atom. The van der Waals surface area contributed by atoms with Crippen LogP contribution in [-0.4, -0.2) is 25.2 Å². The summed E-state index contributed by atoms with van der Waals surface area (Å²) in [7, 11) is -2.94. The molecule has 1 aromatic rings. The lowest BCUT2D eigenvalue weighted by atomic mass is 10.2. The maximum atomic E-state index is 11.7. The third-order valence-electron chi connectivity index (χ3n) is 2.70. The van der Waals surface area contributed by atoms with Crippen LogP contribution in [0.1, 0.15) is 35.7 Å². The van der Waals surface area contributed by atoms with Gasteiger partial charge in [-0.15, -0.1) is 11.3 Å². The fourth-order valence-electron chi connectivity index (χ4n) is 1.96. The first kappa shape index (κ1) is 12.0. The van der Waals surface area contributed by atoms with Gasteiger partial charge in [0.2, 0.25) is 0 Å². The number of aromatic nitrogens is 1. The zero-order valence-electron chi connectivity index (χ0n) is 9.22. The fraction of sp³-hybridized carbons (Fsp3) is 0.700. The van der Waals surface area contributed by atoms with Crippen LogP contribution in [0, 0.1) is 0 Å². The van der Waals surface area contributed by atoms with E-state index in [4.69, 9.17) is 5.73 Å². The van der Waals surface area contributed by atoms with Gasteiger partial charge in [0, 0.05) is 17.8 Å². The zero-order chi connectivity index (χ0) is 11.8. The smallest absolute Gasteiger partial charge is 0.159 e. The molecule has 1 aliphatic rings. The number of hydrogen-bond donors (Lipinski definition) is 1. The molecule has 1 fully saturated rings. The molecule has 0 bridgehead atoms. The molecule has 0 radical (unpaired) electrons. The van der Waals surface area contributed by atoms with Crippen molar-refractivity contribution in [3.63, 3.8) is 0 Å². The van der Waals surface area contributed by atoms with Crippen molar-refractivity contribution in [1.82, 2.24) is 4.98 Å². The Kier molecular flexibility index (Phi) is 3.32. The Labute approximate surface area is 99.8 Å². The average molecular weight is 260 g/mol. The molecule has 0 saturated carbocycles. The molecule has 6 heteroatoms. The molecule has 2 N–H and O–H groups in total. The van der Waals surface area contributed by atoms with E-state index in [0.717, 1.165) is 17.1 Å². The van der Waals surface area contributed by atoms with Gasteiger partial charge in [-0.3, -0.25) is 0 Å². The number of thiazole rings is 1. The van der Waals surface area contributed by atoms with E-state index in [2.05, 4.69) is 4.98 Å². The number of nitrogens with two attached hydrogens (primary N) is 1. The van der Waals surface area contributed by atoms with Gasteiger partial charge in [0.05, 0.1) is 11.4 Å². The van der Waals surface area contributed by atoms with E-state index in [1.165, 1.54) is 11.3 Å². The van der Waals surface area contributed by atoms with Gasteiger partial charge in [0.25, 0.3) is 0 Å². The van der Waals surface area contributed by atoms with E-state index < -0.39 is 9.84 Å². The molecule has 1 aromatic heterocycles. The van der Waals surface area contributed by atoms with Gasteiger partial charge >= 0.3 is 0 Å². The second-order valence-electron chi connectivity index (χ2n) is 4.36. The molecule has 2 atom stereocenters. The average Bonchev–Trinajstić information content (AvgIpc) is 2.70. The summed E-state index contributed by atoms with van der Waals surface area (Å²) in [6.45, 7) is 1.92. The van der Waals surface area contributed by atoms with Gasteiger partial charge in [-0.2, -0.15) is 0 Å². The van der Waals surface area contributed by atoms with Gasteiger partial charge in [-0.1, -0.05) is 0 Å². The van der Waals surface area contributed by atoms with Gasteiger partial charge in [0.1, 0.15) is 10.3 Å². The molecule has 0 amide bonds. The predicted octanol–water partition coefficient (Wildman–Crippen LogP) is 1.28. The van der Waals surface area contributed by atoms with Crippen molar-refractivity contribution in [3.8, 4) is 0 Å². The Morgan fingerprint density at radius 2 is 2.44 bits per heavy atom. The molecule has 2 heterocycles. The summed E-state index contributed by atoms with van der Waals surface area (Å²) >= 11 is 1.45. The van der Waals surface area contributed by atoms with Crippen LogP contribution in [0.25, 0.3) is 0 Å². The second kappa shape index (κ2) is 4.43. The van der Waals surface area contributed by atoms with Crippen LogP contribution in [0.5, 0.6) is 0 Å². The minimum Gasteiger partial charge on any atom is -0.328 e. The summed E-state index contributed by atoms with van der Waals surface area (Å²) in [6.07, 6.45) is 2.19. The highest BCUT2D eigenvalue weighted by atomic mass is 32.2. The SMILES string of the molecule is CC(N)Cc1csc(C2CCCS2(=O)=O)n1. The van der Waals surface area contributed by atoms with E-state index in [-0.39, 0.29) is 11.3 Å². The second-order valence-corrected chi connectivity index (χ2v) is 7.55. The molecule has 1 saturated heterocycles. The van der Waals surface area contributed by atoms with E-state index in [9.17, 15) is 8.42 Å². The van der Waals surface area contributed by atoms with Crippen molar-refractivity contribution >= 4 is 21.2 Å². The van der Waals surface area contributed by atoms with Gasteiger partial charge in [-0.05, 0) is 19.8 Å². The van der Waals surface area contributed by atoms with Crippen molar-refractivity contribution < 1.29 is 8.42 Å². The van der Waals surface area contributed by atoms with E-state index >= 15 is 0 Å². The topological polar surface area (TPSA) is 73.1 Å². The highest BCUT2D eigenvalue weighted by Gasteiger charge is 2.34. The lowest BCUT2D eigenvalue weighted by Gasteiger charge is -2.04. The maximum Gasteiger partial charge on any atom is 0.159 e. The predicted molar refractivity (Wildman–Crippen MR) is 65.2 cm³/mol. The van der Waals surface area contributed by atoms with Gasteiger partial charge in [0.15, 0.2) is 9.84 Å². The Bertz CT molecular complexity index is 465. The molecule has 0 aliphatic carbocycles. The molecule has 0 aromatic carbocycles. The molecule has 2 unspecified atom stereocenters. The summed E-state index contributed by atoms with van der Waals surface area (Å²) < 4.78 is 23.5. The van der Waals surface area contributed by atoms with Crippen LogP contribution >= 0.6 is 11.3 Å². The first-order valence-electron chi connectivity index (χ1n) is 5.40. The monoisotopic (exact) mass is 260 g/mol. The van der Waals surface area contributed by atoms with Crippen LogP contribution < -0.4 is 5.73 Å². The maximum absolute atomic E-state index is 11.7. The lowest BCUT2D eigenvalue weighted by Crippen LogP contribution is -2.18. The molecule has 1 aliphatic heterocycles. The number of rotatable bonds is 3. The molecule has 16 heavy (non-hydrogen) atoms. The van der Waals surface area contributed by atoms with E-state index in [0.29, 0.717) is 18.6 Å². The normalized spacial score (nSPS) is 25.8. The minimum absolute atomic E-state index is 0.0649. The van der Waals surface area contributed by atoms with E-state index in [1.807, 2.05) is 12.3 Å². The Morgan fingerprint density at radius 3 is 3.00 bits per heavy atom. The molecule has 4 nitrogen and oxygen atoms in total. The standard InChI is InChI=1S/C10H16N2O2S2/c1-7(11)5-8-6-15-10(12-8)9-3-2-4-16(9,13)14/h6-7,9H,2-5,11H2,1H3. The summed E-state index contributed by atoms with van der Waals surface area (Å²) in [4.78, 5) is 4.39. The van der Waals surface area contributed by atoms with Crippen molar-refractivity contribution in [2.45, 2.75) is 37.5 Å². The molecule has 0 spiro atoms. The van der Waals surface area contributed by atoms with Crippen LogP contribution in [-0.2, 0) is 16.3 Å². The van der Waals surface area contributed by atoms with Crippen LogP contribution in [0.4, 0.5) is 0 Å². The first-order valence-corrected chi connectivity index (χ1v) is 8.00. The van der Waals surface area contributed by atoms with Crippen molar-refractivity contribution in [2.24, 2.45) is 5.73 Å². The molecular weight excluding hydrogens is 244 g/mol. The van der Waals surface area contributed by atoms with Crippen LogP contribution in [0.15, 0.2) is 5.38 Å². The van der Waals surface area contributed by atoms with Crippen LogP contribution in [0.2, 0.25) is 0 Å². The Hall–Kier alpha value is -0.460.